The van der Waals surface area contributed by atoms with Gasteiger partial charge >= 0.3 is 6.85 Å². The lowest BCUT2D eigenvalue weighted by Gasteiger charge is -2.39. The molecule has 61 heavy (non-hydrogen) atoms. The van der Waals surface area contributed by atoms with Crippen LogP contribution in [0.1, 0.15) is 79.0 Å². The number of benzene rings is 7. The summed E-state index contributed by atoms with van der Waals surface area (Å²) in [7, 11) is 0. The molecule has 4 nitrogen and oxygen atoms in total. The van der Waals surface area contributed by atoms with Crippen molar-refractivity contribution in [1.29, 1.82) is 0 Å². The van der Waals surface area contributed by atoms with Crippen molar-refractivity contribution >= 4 is 89.6 Å². The van der Waals surface area contributed by atoms with Gasteiger partial charge in [-0.25, -0.2) is 0 Å². The average molecular weight is 792 g/mol. The van der Waals surface area contributed by atoms with E-state index in [0.29, 0.717) is 0 Å². The molecule has 5 heterocycles. The van der Waals surface area contributed by atoms with Gasteiger partial charge in [-0.3, -0.25) is 4.90 Å². The van der Waals surface area contributed by atoms with Crippen LogP contribution in [0.2, 0.25) is 0 Å². The normalized spacial score (nSPS) is 13.9. The van der Waals surface area contributed by atoms with Crippen molar-refractivity contribution < 1.29 is 4.42 Å². The van der Waals surface area contributed by atoms with Crippen molar-refractivity contribution in [2.24, 2.45) is 0 Å². The standard InChI is InChI=1S/C56H50BN3O/c1-54(2,3)33-23-26-37(27-24-33)59-46-31-35(56(7,8)9)30-40-41-32-45-48(38-19-13-15-21-43(38)58(45)36-17-11-10-12-18-36)49-39-20-14-16-22-44(39)60(52(41)49)57(50(40)46)51-42-29-34(55(4,5)6)25-28-47(42)61-53(51)59/h10-32H,1-9H3. The lowest BCUT2D eigenvalue weighted by atomic mass is 9.45. The van der Waals surface area contributed by atoms with Crippen molar-refractivity contribution in [1.82, 2.24) is 9.05 Å². The summed E-state index contributed by atoms with van der Waals surface area (Å²) < 4.78 is 12.4. The third kappa shape index (κ3) is 5.01. The molecule has 0 fully saturated rings. The van der Waals surface area contributed by atoms with E-state index in [4.69, 9.17) is 4.42 Å². The van der Waals surface area contributed by atoms with E-state index in [1.165, 1.54) is 93.4 Å². The first-order valence-corrected chi connectivity index (χ1v) is 21.9. The van der Waals surface area contributed by atoms with Crippen LogP contribution in [0.15, 0.2) is 144 Å². The SMILES string of the molecule is CC(C)(C)c1ccc(N2c3cc(C(C)(C)C)cc4c3B(c3c2oc2ccc(C(C)(C)C)cc32)n2c3ccccc3c3c5c6ccccc6n(-c6ccccc6)c5cc-4c32)cc1. The summed E-state index contributed by atoms with van der Waals surface area (Å²) >= 11 is 0. The van der Waals surface area contributed by atoms with Gasteiger partial charge in [-0.15, -0.1) is 0 Å². The van der Waals surface area contributed by atoms with Crippen molar-refractivity contribution in [2.45, 2.75) is 78.6 Å². The van der Waals surface area contributed by atoms with Gasteiger partial charge in [0.1, 0.15) is 5.58 Å². The summed E-state index contributed by atoms with van der Waals surface area (Å²) in [5, 5.41) is 6.33. The molecule has 0 aliphatic carbocycles. The minimum absolute atomic E-state index is 0.0306. The highest BCUT2D eigenvalue weighted by Gasteiger charge is 2.47. The molecule has 2 aliphatic heterocycles. The lowest BCUT2D eigenvalue weighted by Crippen LogP contribution is -2.56. The van der Waals surface area contributed by atoms with Crippen LogP contribution in [0.25, 0.3) is 71.4 Å². The number of para-hydroxylation sites is 3. The maximum atomic E-state index is 7.26. The van der Waals surface area contributed by atoms with Gasteiger partial charge in [-0.1, -0.05) is 141 Å². The summed E-state index contributed by atoms with van der Waals surface area (Å²) in [4.78, 5) is 2.44. The van der Waals surface area contributed by atoms with Gasteiger partial charge in [-0.2, -0.15) is 0 Å². The number of furan rings is 1. The van der Waals surface area contributed by atoms with E-state index in [0.717, 1.165) is 22.8 Å². The molecule has 0 saturated carbocycles. The summed E-state index contributed by atoms with van der Waals surface area (Å²) in [6.07, 6.45) is 0. The predicted octanol–water partition coefficient (Wildman–Crippen LogP) is 13.9. The van der Waals surface area contributed by atoms with Crippen molar-refractivity contribution in [3.8, 4) is 16.8 Å². The van der Waals surface area contributed by atoms with Gasteiger partial charge in [0, 0.05) is 66.1 Å². The first kappa shape index (κ1) is 36.4. The number of aromatic nitrogens is 2. The van der Waals surface area contributed by atoms with Crippen LogP contribution < -0.4 is 15.8 Å². The first-order valence-electron chi connectivity index (χ1n) is 21.9. The zero-order valence-electron chi connectivity index (χ0n) is 36.6. The third-order valence-electron chi connectivity index (χ3n) is 13.8. The summed E-state index contributed by atoms with van der Waals surface area (Å²) in [6.45, 7) is 20.7. The van der Waals surface area contributed by atoms with Crippen molar-refractivity contribution in [3.63, 3.8) is 0 Å². The molecule has 0 spiro atoms. The predicted molar refractivity (Wildman–Crippen MR) is 260 cm³/mol. The molecule has 2 aliphatic rings. The highest BCUT2D eigenvalue weighted by atomic mass is 16.4. The second-order valence-electron chi connectivity index (χ2n) is 20.6. The fraction of sp³-hybridized carbons (Fsp3) is 0.214. The zero-order chi connectivity index (χ0) is 41.9. The number of hydrogen-bond donors (Lipinski definition) is 0. The second kappa shape index (κ2) is 12.1. The minimum Gasteiger partial charge on any atom is -0.440 e. The van der Waals surface area contributed by atoms with E-state index in [1.54, 1.807) is 0 Å². The highest BCUT2D eigenvalue weighted by Crippen LogP contribution is 2.51. The molecule has 0 atom stereocenters. The molecule has 0 saturated heterocycles. The monoisotopic (exact) mass is 791 g/mol. The Morgan fingerprint density at radius 3 is 1.77 bits per heavy atom. The van der Waals surface area contributed by atoms with Gasteiger partial charge in [0.05, 0.1) is 11.0 Å². The molecule has 7 aromatic carbocycles. The number of nitrogens with zero attached hydrogens (tertiary/aromatic N) is 3. The molecule has 298 valence electrons. The molecule has 12 rings (SSSR count). The molecule has 3 aromatic heterocycles. The van der Waals surface area contributed by atoms with E-state index in [9.17, 15) is 0 Å². The van der Waals surface area contributed by atoms with E-state index < -0.39 is 0 Å². The third-order valence-corrected chi connectivity index (χ3v) is 13.8. The quantitative estimate of drug-likeness (QED) is 0.163. The molecular weight excluding hydrogens is 741 g/mol. The summed E-state index contributed by atoms with van der Waals surface area (Å²) in [5.41, 5.74) is 18.2. The van der Waals surface area contributed by atoms with Gasteiger partial charge in [0.15, 0.2) is 0 Å². The van der Waals surface area contributed by atoms with Crippen LogP contribution in [-0.4, -0.2) is 15.9 Å². The lowest BCUT2D eigenvalue weighted by molar-refractivity contribution is 0.588. The van der Waals surface area contributed by atoms with Crippen molar-refractivity contribution in [3.05, 3.63) is 156 Å². The van der Waals surface area contributed by atoms with E-state index in [-0.39, 0.29) is 23.1 Å². The van der Waals surface area contributed by atoms with Gasteiger partial charge < -0.3 is 13.5 Å². The molecule has 0 N–H and O–H groups in total. The summed E-state index contributed by atoms with van der Waals surface area (Å²) in [6, 6.07) is 52.6. The smallest absolute Gasteiger partial charge is 0.337 e. The maximum Gasteiger partial charge on any atom is 0.337 e. The second-order valence-corrected chi connectivity index (χ2v) is 20.6. The van der Waals surface area contributed by atoms with E-state index in [2.05, 4.69) is 216 Å². The van der Waals surface area contributed by atoms with Crippen LogP contribution in [0.4, 0.5) is 17.3 Å². The van der Waals surface area contributed by atoms with Crippen LogP contribution in [0, 0.1) is 0 Å². The Kier molecular flexibility index (Phi) is 7.22. The molecule has 0 unspecified atom stereocenters. The molecule has 10 aromatic rings. The Morgan fingerprint density at radius 2 is 1.08 bits per heavy atom. The molecule has 0 radical (unpaired) electrons. The Hall–Kier alpha value is -6.46. The summed E-state index contributed by atoms with van der Waals surface area (Å²) in [5.74, 6) is 0.898. The van der Waals surface area contributed by atoms with E-state index >= 15 is 0 Å². The molecule has 0 bridgehead atoms. The number of fused-ring (bicyclic) bond motifs is 13. The Morgan fingerprint density at radius 1 is 0.459 bits per heavy atom. The van der Waals surface area contributed by atoms with Crippen molar-refractivity contribution in [2.75, 3.05) is 4.90 Å². The number of hydrogen-bond acceptors (Lipinski definition) is 2. The largest absolute Gasteiger partial charge is 0.440 e. The zero-order valence-corrected chi connectivity index (χ0v) is 36.6. The number of rotatable bonds is 2. The van der Waals surface area contributed by atoms with Gasteiger partial charge in [0.25, 0.3) is 0 Å². The topological polar surface area (TPSA) is 26.2 Å². The van der Waals surface area contributed by atoms with Crippen LogP contribution >= 0.6 is 0 Å². The first-order chi connectivity index (χ1) is 29.2. The minimum atomic E-state index is -0.134. The Balaban J connectivity index is 1.30. The maximum absolute atomic E-state index is 7.26. The van der Waals surface area contributed by atoms with Crippen LogP contribution in [0.3, 0.4) is 0 Å². The Labute approximate surface area is 358 Å². The van der Waals surface area contributed by atoms with Gasteiger partial charge in [-0.05, 0) is 105 Å². The molecule has 5 heteroatoms. The van der Waals surface area contributed by atoms with Crippen LogP contribution in [-0.2, 0) is 16.2 Å². The highest BCUT2D eigenvalue weighted by molar-refractivity contribution is 6.91. The average Bonchev–Trinajstić information content (AvgIpc) is 3.89. The molecule has 0 amide bonds. The molecular formula is C56H50BN3O. The fourth-order valence-electron chi connectivity index (χ4n) is 10.6. The van der Waals surface area contributed by atoms with Gasteiger partial charge in [0.2, 0.25) is 5.88 Å². The Bertz CT molecular complexity index is 3470. The van der Waals surface area contributed by atoms with Crippen LogP contribution in [0.5, 0.6) is 0 Å². The van der Waals surface area contributed by atoms with E-state index in [1.807, 2.05) is 0 Å². The fourth-order valence-corrected chi connectivity index (χ4v) is 10.6. The number of anilines is 3.